The van der Waals surface area contributed by atoms with Gasteiger partial charge in [0.05, 0.1) is 12.1 Å². The number of carboxylic acid groups (broad SMARTS) is 1. The molecule has 1 aromatic heterocycles. The van der Waals surface area contributed by atoms with Gasteiger partial charge in [-0.05, 0) is 24.3 Å². The molecule has 1 aliphatic rings. The van der Waals surface area contributed by atoms with Crippen LogP contribution >= 0.6 is 0 Å². The highest BCUT2D eigenvalue weighted by Crippen LogP contribution is 2.40. The molecule has 2 unspecified atom stereocenters. The Morgan fingerprint density at radius 1 is 1.85 bits per heavy atom. The summed E-state index contributed by atoms with van der Waals surface area (Å²) in [7, 11) is 1.87. The summed E-state index contributed by atoms with van der Waals surface area (Å²) in [5.41, 5.74) is 1.14. The lowest BCUT2D eigenvalue weighted by Crippen LogP contribution is -2.00. The zero-order valence-corrected chi connectivity index (χ0v) is 7.47. The maximum Gasteiger partial charge on any atom is 0.306 e. The monoisotopic (exact) mass is 180 g/mol. The maximum absolute atomic E-state index is 10.5. The molecule has 4 heteroatoms. The van der Waals surface area contributed by atoms with Crippen LogP contribution in [-0.4, -0.2) is 20.9 Å². The van der Waals surface area contributed by atoms with E-state index < -0.39 is 5.97 Å². The van der Waals surface area contributed by atoms with Crippen LogP contribution < -0.4 is 0 Å². The predicted octanol–water partition coefficient (Wildman–Crippen LogP) is 0.683. The SMILES string of the molecule is Cn1cc(CC2CC2C(=O)O)cn1. The maximum atomic E-state index is 10.5. The van der Waals surface area contributed by atoms with Crippen LogP contribution in [0.25, 0.3) is 0 Å². The van der Waals surface area contributed by atoms with E-state index in [-0.39, 0.29) is 5.92 Å². The average Bonchev–Trinajstić information content (AvgIpc) is 2.69. The molecule has 0 bridgehead atoms. The zero-order valence-electron chi connectivity index (χ0n) is 7.47. The zero-order chi connectivity index (χ0) is 9.42. The number of hydrogen-bond acceptors (Lipinski definition) is 2. The molecule has 4 nitrogen and oxygen atoms in total. The average molecular weight is 180 g/mol. The quantitative estimate of drug-likeness (QED) is 0.744. The van der Waals surface area contributed by atoms with Crippen LogP contribution in [-0.2, 0) is 18.3 Å². The first kappa shape index (κ1) is 8.29. The van der Waals surface area contributed by atoms with Crippen LogP contribution in [0.1, 0.15) is 12.0 Å². The molecule has 1 saturated carbocycles. The van der Waals surface area contributed by atoms with Gasteiger partial charge in [0.15, 0.2) is 0 Å². The molecule has 0 spiro atoms. The molecule has 0 aliphatic heterocycles. The van der Waals surface area contributed by atoms with E-state index in [0.29, 0.717) is 5.92 Å². The smallest absolute Gasteiger partial charge is 0.306 e. The number of aryl methyl sites for hydroxylation is 1. The summed E-state index contributed by atoms with van der Waals surface area (Å²) in [4.78, 5) is 10.5. The Labute approximate surface area is 76.2 Å². The molecular weight excluding hydrogens is 168 g/mol. The summed E-state index contributed by atoms with van der Waals surface area (Å²) < 4.78 is 1.74. The fourth-order valence-electron chi connectivity index (χ4n) is 1.66. The van der Waals surface area contributed by atoms with Crippen molar-refractivity contribution in [3.05, 3.63) is 18.0 Å². The first-order chi connectivity index (χ1) is 6.16. The minimum atomic E-state index is -0.658. The van der Waals surface area contributed by atoms with Gasteiger partial charge >= 0.3 is 5.97 Å². The fraction of sp³-hybridized carbons (Fsp3) is 0.556. The van der Waals surface area contributed by atoms with Gasteiger partial charge in [-0.25, -0.2) is 0 Å². The van der Waals surface area contributed by atoms with Crippen LogP contribution in [0.5, 0.6) is 0 Å². The highest BCUT2D eigenvalue weighted by Gasteiger charge is 2.42. The minimum absolute atomic E-state index is 0.111. The van der Waals surface area contributed by atoms with Crippen molar-refractivity contribution in [3.8, 4) is 0 Å². The van der Waals surface area contributed by atoms with Gasteiger partial charge in [-0.2, -0.15) is 5.10 Å². The summed E-state index contributed by atoms with van der Waals surface area (Å²) >= 11 is 0. The second-order valence-corrected chi connectivity index (χ2v) is 3.67. The second-order valence-electron chi connectivity index (χ2n) is 3.67. The summed E-state index contributed by atoms with van der Waals surface area (Å²) in [5, 5.41) is 12.7. The lowest BCUT2D eigenvalue weighted by molar-refractivity contribution is -0.138. The molecule has 1 aliphatic carbocycles. The van der Waals surface area contributed by atoms with Crippen molar-refractivity contribution < 1.29 is 9.90 Å². The largest absolute Gasteiger partial charge is 0.481 e. The third kappa shape index (κ3) is 1.71. The molecule has 1 N–H and O–H groups in total. The first-order valence-electron chi connectivity index (χ1n) is 4.37. The summed E-state index contributed by atoms with van der Waals surface area (Å²) in [6, 6.07) is 0. The van der Waals surface area contributed by atoms with Crippen molar-refractivity contribution in [1.82, 2.24) is 9.78 Å². The van der Waals surface area contributed by atoms with E-state index in [9.17, 15) is 4.79 Å². The highest BCUT2D eigenvalue weighted by atomic mass is 16.4. The molecule has 1 aromatic rings. The molecule has 2 atom stereocenters. The van der Waals surface area contributed by atoms with Crippen molar-refractivity contribution in [2.45, 2.75) is 12.8 Å². The Morgan fingerprint density at radius 2 is 2.62 bits per heavy atom. The van der Waals surface area contributed by atoms with Gasteiger partial charge in [0.25, 0.3) is 0 Å². The number of aliphatic carboxylic acids is 1. The number of hydrogen-bond donors (Lipinski definition) is 1. The van der Waals surface area contributed by atoms with Gasteiger partial charge in [0.2, 0.25) is 0 Å². The molecule has 70 valence electrons. The summed E-state index contributed by atoms with van der Waals surface area (Å²) in [6.45, 7) is 0. The lowest BCUT2D eigenvalue weighted by Gasteiger charge is -1.92. The normalized spacial score (nSPS) is 25.9. The number of aromatic nitrogens is 2. The Morgan fingerprint density at radius 3 is 3.08 bits per heavy atom. The molecule has 2 rings (SSSR count). The first-order valence-corrected chi connectivity index (χ1v) is 4.37. The predicted molar refractivity (Wildman–Crippen MR) is 46.1 cm³/mol. The van der Waals surface area contributed by atoms with Crippen molar-refractivity contribution in [2.24, 2.45) is 18.9 Å². The van der Waals surface area contributed by atoms with Crippen molar-refractivity contribution in [2.75, 3.05) is 0 Å². The van der Waals surface area contributed by atoms with E-state index in [1.54, 1.807) is 10.9 Å². The Balaban J connectivity index is 1.91. The minimum Gasteiger partial charge on any atom is -0.481 e. The lowest BCUT2D eigenvalue weighted by atomic mass is 10.1. The van der Waals surface area contributed by atoms with E-state index in [2.05, 4.69) is 5.10 Å². The fourth-order valence-corrected chi connectivity index (χ4v) is 1.66. The van der Waals surface area contributed by atoms with Crippen LogP contribution in [0.3, 0.4) is 0 Å². The number of carbonyl (C=O) groups is 1. The van der Waals surface area contributed by atoms with Crippen LogP contribution in [0.4, 0.5) is 0 Å². The van der Waals surface area contributed by atoms with Gasteiger partial charge in [0, 0.05) is 13.2 Å². The van der Waals surface area contributed by atoms with Gasteiger partial charge in [-0.15, -0.1) is 0 Å². The number of rotatable bonds is 3. The Kier molecular flexibility index (Phi) is 1.83. The van der Waals surface area contributed by atoms with Crippen LogP contribution in [0.15, 0.2) is 12.4 Å². The molecule has 1 heterocycles. The van der Waals surface area contributed by atoms with E-state index in [0.717, 1.165) is 18.4 Å². The standard InChI is InChI=1S/C9H12N2O2/c1-11-5-6(4-10-11)2-7-3-8(7)9(12)13/h4-5,7-8H,2-3H2,1H3,(H,12,13). The van der Waals surface area contributed by atoms with Gasteiger partial charge in [0.1, 0.15) is 0 Å². The van der Waals surface area contributed by atoms with Crippen LogP contribution in [0, 0.1) is 11.8 Å². The van der Waals surface area contributed by atoms with Crippen molar-refractivity contribution >= 4 is 5.97 Å². The molecule has 0 amide bonds. The summed E-state index contributed by atoms with van der Waals surface area (Å²) in [6.07, 6.45) is 5.42. The van der Waals surface area contributed by atoms with Gasteiger partial charge in [-0.3, -0.25) is 9.48 Å². The van der Waals surface area contributed by atoms with Crippen LogP contribution in [0.2, 0.25) is 0 Å². The van der Waals surface area contributed by atoms with E-state index in [1.165, 1.54) is 0 Å². The number of nitrogens with zero attached hydrogens (tertiary/aromatic N) is 2. The topological polar surface area (TPSA) is 55.1 Å². The molecule has 0 saturated heterocycles. The second kappa shape index (κ2) is 2.87. The molecular formula is C9H12N2O2. The van der Waals surface area contributed by atoms with E-state index in [1.807, 2.05) is 13.2 Å². The van der Waals surface area contributed by atoms with Gasteiger partial charge < -0.3 is 5.11 Å². The van der Waals surface area contributed by atoms with E-state index in [4.69, 9.17) is 5.11 Å². The van der Waals surface area contributed by atoms with Crippen molar-refractivity contribution in [3.63, 3.8) is 0 Å². The highest BCUT2D eigenvalue weighted by molar-refractivity contribution is 5.73. The third-order valence-corrected chi connectivity index (χ3v) is 2.50. The molecule has 0 aromatic carbocycles. The van der Waals surface area contributed by atoms with Crippen molar-refractivity contribution in [1.29, 1.82) is 0 Å². The molecule has 13 heavy (non-hydrogen) atoms. The summed E-state index contributed by atoms with van der Waals surface area (Å²) in [5.74, 6) is -0.434. The van der Waals surface area contributed by atoms with Gasteiger partial charge in [-0.1, -0.05) is 0 Å². The molecule has 0 radical (unpaired) electrons. The molecule has 1 fully saturated rings. The van der Waals surface area contributed by atoms with E-state index >= 15 is 0 Å². The third-order valence-electron chi connectivity index (χ3n) is 2.50. The Bertz CT molecular complexity index is 332. The Hall–Kier alpha value is -1.32. The number of carboxylic acids is 1.